The summed E-state index contributed by atoms with van der Waals surface area (Å²) in [5, 5.41) is -0.516. The molecular formula is C14H18ClNO. The summed E-state index contributed by atoms with van der Waals surface area (Å²) in [5.74, 6) is 2.68. The third-order valence-electron chi connectivity index (χ3n) is 2.97. The molecule has 0 amide bonds. The number of alkyl halides is 1. The van der Waals surface area contributed by atoms with Crippen LogP contribution in [0, 0.1) is 26.2 Å². The third-order valence-corrected chi connectivity index (χ3v) is 3.17. The summed E-state index contributed by atoms with van der Waals surface area (Å²) in [6.45, 7) is 9.43. The molecule has 1 heterocycles. The molecule has 17 heavy (non-hydrogen) atoms. The van der Waals surface area contributed by atoms with E-state index in [4.69, 9.17) is 18.0 Å². The number of aromatic nitrogens is 1. The number of aryl methyl sites for hydroxylation is 1. The fraction of sp³-hybridized carbons (Fsp3) is 0.500. The van der Waals surface area contributed by atoms with Crippen LogP contribution in [0.4, 0.5) is 0 Å². The zero-order valence-corrected chi connectivity index (χ0v) is 11.7. The first-order valence-corrected chi connectivity index (χ1v) is 6.01. The summed E-state index contributed by atoms with van der Waals surface area (Å²) in [6, 6.07) is 1.86. The van der Waals surface area contributed by atoms with E-state index in [-0.39, 0.29) is 5.78 Å². The summed E-state index contributed by atoms with van der Waals surface area (Å²) >= 11 is 5.85. The van der Waals surface area contributed by atoms with Gasteiger partial charge in [-0.1, -0.05) is 5.92 Å². The molecule has 0 N–H and O–H groups in total. The number of carbonyl (C=O) groups is 1. The van der Waals surface area contributed by atoms with Crippen molar-refractivity contribution in [1.29, 1.82) is 0 Å². The summed E-state index contributed by atoms with van der Waals surface area (Å²) in [6.07, 6.45) is 5.54. The average Bonchev–Trinajstić information content (AvgIpc) is 2.53. The number of halogens is 1. The molecule has 0 aliphatic carbocycles. The molecular weight excluding hydrogens is 234 g/mol. The van der Waals surface area contributed by atoms with Gasteiger partial charge >= 0.3 is 0 Å². The second-order valence-electron chi connectivity index (χ2n) is 4.80. The zero-order chi connectivity index (χ0) is 13.4. The lowest BCUT2D eigenvalue weighted by Gasteiger charge is -2.24. The van der Waals surface area contributed by atoms with E-state index in [0.717, 1.165) is 11.4 Å². The van der Waals surface area contributed by atoms with Crippen LogP contribution in [-0.4, -0.2) is 15.7 Å². The Bertz CT molecular complexity index is 489. The Morgan fingerprint density at radius 2 is 2.06 bits per heavy atom. The highest BCUT2D eigenvalue weighted by molar-refractivity contribution is 6.33. The van der Waals surface area contributed by atoms with Gasteiger partial charge in [-0.15, -0.1) is 18.0 Å². The van der Waals surface area contributed by atoms with E-state index in [0.29, 0.717) is 5.56 Å². The van der Waals surface area contributed by atoms with Crippen molar-refractivity contribution in [1.82, 2.24) is 4.57 Å². The van der Waals surface area contributed by atoms with Crippen LogP contribution in [-0.2, 0) is 5.54 Å². The van der Waals surface area contributed by atoms with Crippen LogP contribution in [0.15, 0.2) is 6.07 Å². The Hall–Kier alpha value is -1.20. The van der Waals surface area contributed by atoms with Gasteiger partial charge in [-0.2, -0.15) is 0 Å². The van der Waals surface area contributed by atoms with Crippen LogP contribution in [0.5, 0.6) is 0 Å². The van der Waals surface area contributed by atoms with E-state index in [1.54, 1.807) is 6.92 Å². The fourth-order valence-corrected chi connectivity index (χ4v) is 2.27. The molecule has 0 fully saturated rings. The highest BCUT2D eigenvalue weighted by atomic mass is 35.5. The van der Waals surface area contributed by atoms with Gasteiger partial charge in [0.25, 0.3) is 0 Å². The lowest BCUT2D eigenvalue weighted by molar-refractivity contribution is 0.0991. The zero-order valence-electron chi connectivity index (χ0n) is 11.0. The molecule has 92 valence electrons. The number of hydrogen-bond acceptors (Lipinski definition) is 1. The van der Waals surface area contributed by atoms with Gasteiger partial charge in [-0.05, 0) is 40.7 Å². The Kier molecular flexibility index (Phi) is 3.74. The summed E-state index contributed by atoms with van der Waals surface area (Å²) in [4.78, 5) is 11.9. The van der Waals surface area contributed by atoms with Crippen LogP contribution in [0.25, 0.3) is 0 Å². The summed E-state index contributed by atoms with van der Waals surface area (Å²) in [5.41, 5.74) is 2.07. The molecule has 1 aromatic heterocycles. The van der Waals surface area contributed by atoms with Gasteiger partial charge in [0.2, 0.25) is 0 Å². The highest BCUT2D eigenvalue weighted by Crippen LogP contribution is 2.25. The van der Waals surface area contributed by atoms with Gasteiger partial charge in [0.05, 0.1) is 10.9 Å². The van der Waals surface area contributed by atoms with Crippen LogP contribution >= 0.6 is 11.6 Å². The molecule has 0 saturated heterocycles. The molecule has 0 aliphatic heterocycles. The Morgan fingerprint density at radius 1 is 1.53 bits per heavy atom. The van der Waals surface area contributed by atoms with Crippen molar-refractivity contribution in [2.24, 2.45) is 0 Å². The molecule has 1 rings (SSSR count). The number of ketones is 1. The minimum atomic E-state index is -0.516. The molecule has 1 atom stereocenters. The topological polar surface area (TPSA) is 22.0 Å². The van der Waals surface area contributed by atoms with Gasteiger partial charge in [0.15, 0.2) is 5.78 Å². The molecule has 3 heteroatoms. The van der Waals surface area contributed by atoms with E-state index in [1.807, 2.05) is 38.3 Å². The summed E-state index contributed by atoms with van der Waals surface area (Å²) in [7, 11) is 0. The minimum Gasteiger partial charge on any atom is -0.332 e. The van der Waals surface area contributed by atoms with E-state index in [1.165, 1.54) is 0 Å². The van der Waals surface area contributed by atoms with Crippen molar-refractivity contribution in [2.75, 3.05) is 0 Å². The van der Waals surface area contributed by atoms with Crippen molar-refractivity contribution >= 4 is 17.4 Å². The SMILES string of the molecule is C#CC(C)(C)n1c(C)cc(C(=O)C(C)Cl)c1C. The highest BCUT2D eigenvalue weighted by Gasteiger charge is 2.25. The van der Waals surface area contributed by atoms with Crippen molar-refractivity contribution in [3.63, 3.8) is 0 Å². The Balaban J connectivity index is 3.40. The first-order valence-electron chi connectivity index (χ1n) is 5.58. The van der Waals surface area contributed by atoms with Crippen LogP contribution in [0.3, 0.4) is 0 Å². The lowest BCUT2D eigenvalue weighted by atomic mass is 10.1. The van der Waals surface area contributed by atoms with Gasteiger partial charge < -0.3 is 4.57 Å². The van der Waals surface area contributed by atoms with E-state index in [9.17, 15) is 4.79 Å². The predicted molar refractivity (Wildman–Crippen MR) is 71.7 cm³/mol. The number of Topliss-reactive ketones (excluding diaryl/α,β-unsaturated/α-hetero) is 1. The number of nitrogens with zero attached hydrogens (tertiary/aromatic N) is 1. The van der Waals surface area contributed by atoms with E-state index >= 15 is 0 Å². The molecule has 0 spiro atoms. The average molecular weight is 252 g/mol. The van der Waals surface area contributed by atoms with Gasteiger partial charge in [0, 0.05) is 17.0 Å². The van der Waals surface area contributed by atoms with E-state index < -0.39 is 10.9 Å². The molecule has 0 bridgehead atoms. The minimum absolute atomic E-state index is 0.0566. The van der Waals surface area contributed by atoms with Gasteiger partial charge in [-0.25, -0.2) is 0 Å². The Labute approximate surface area is 108 Å². The standard InChI is InChI=1S/C14H18ClNO/c1-7-14(5,6)16-9(2)8-12(11(16)4)13(17)10(3)15/h1,8,10H,2-6H3. The second kappa shape index (κ2) is 4.58. The maximum absolute atomic E-state index is 11.9. The Morgan fingerprint density at radius 3 is 2.47 bits per heavy atom. The molecule has 0 saturated carbocycles. The first kappa shape index (κ1) is 13.9. The smallest absolute Gasteiger partial charge is 0.182 e. The number of carbonyl (C=O) groups excluding carboxylic acids is 1. The summed E-state index contributed by atoms with van der Waals surface area (Å²) < 4.78 is 2.00. The van der Waals surface area contributed by atoms with E-state index in [2.05, 4.69) is 5.92 Å². The van der Waals surface area contributed by atoms with Crippen LogP contribution < -0.4 is 0 Å². The third kappa shape index (κ3) is 2.40. The lowest BCUT2D eigenvalue weighted by Crippen LogP contribution is -2.26. The fourth-order valence-electron chi connectivity index (χ4n) is 2.15. The molecule has 2 nitrogen and oxygen atoms in total. The number of hydrogen-bond donors (Lipinski definition) is 0. The number of rotatable bonds is 3. The maximum atomic E-state index is 11.9. The van der Waals surface area contributed by atoms with Crippen molar-refractivity contribution in [3.05, 3.63) is 23.0 Å². The second-order valence-corrected chi connectivity index (χ2v) is 5.46. The van der Waals surface area contributed by atoms with Crippen molar-refractivity contribution in [2.45, 2.75) is 45.5 Å². The normalized spacial score (nSPS) is 13.2. The maximum Gasteiger partial charge on any atom is 0.182 e. The number of terminal acetylenes is 1. The van der Waals surface area contributed by atoms with Gasteiger partial charge in [0.1, 0.15) is 0 Å². The molecule has 0 aromatic carbocycles. The molecule has 1 unspecified atom stereocenters. The van der Waals surface area contributed by atoms with Crippen molar-refractivity contribution in [3.8, 4) is 12.3 Å². The van der Waals surface area contributed by atoms with Crippen molar-refractivity contribution < 1.29 is 4.79 Å². The molecule has 1 aromatic rings. The van der Waals surface area contributed by atoms with Gasteiger partial charge in [-0.3, -0.25) is 4.79 Å². The molecule has 0 radical (unpaired) electrons. The monoisotopic (exact) mass is 251 g/mol. The first-order chi connectivity index (χ1) is 7.72. The quantitative estimate of drug-likeness (QED) is 0.459. The molecule has 0 aliphatic rings. The van der Waals surface area contributed by atoms with Crippen LogP contribution in [0.1, 0.15) is 42.5 Å². The largest absolute Gasteiger partial charge is 0.332 e. The predicted octanol–water partition coefficient (Wildman–Crippen LogP) is 3.28. The van der Waals surface area contributed by atoms with Crippen LogP contribution in [0.2, 0.25) is 0 Å².